The average Bonchev–Trinajstić information content (AvgIpc) is 2.88. The summed E-state index contributed by atoms with van der Waals surface area (Å²) in [6, 6.07) is 13.1. The van der Waals surface area contributed by atoms with Gasteiger partial charge in [-0.2, -0.15) is 0 Å². The maximum Gasteiger partial charge on any atom is 0.321 e. The fourth-order valence-corrected chi connectivity index (χ4v) is 4.32. The second kappa shape index (κ2) is 11.2. The first-order valence-corrected chi connectivity index (χ1v) is 12.1. The lowest BCUT2D eigenvalue weighted by Crippen LogP contribution is -2.50. The highest BCUT2D eigenvalue weighted by Gasteiger charge is 2.27. The summed E-state index contributed by atoms with van der Waals surface area (Å²) in [5.41, 5.74) is 3.84. The average molecular weight is 480 g/mol. The molecule has 0 atom stereocenters. The molecule has 2 N–H and O–H groups in total. The Hall–Kier alpha value is -3.59. The van der Waals surface area contributed by atoms with Crippen molar-refractivity contribution >= 4 is 34.9 Å². The van der Waals surface area contributed by atoms with Gasteiger partial charge in [0.05, 0.1) is 18.8 Å². The van der Waals surface area contributed by atoms with Gasteiger partial charge >= 0.3 is 6.03 Å². The second-order valence-corrected chi connectivity index (χ2v) is 8.81. The van der Waals surface area contributed by atoms with E-state index in [0.717, 1.165) is 16.9 Å². The fourth-order valence-electron chi connectivity index (χ4n) is 4.32. The first-order chi connectivity index (χ1) is 16.9. The molecule has 2 aliphatic rings. The minimum atomic E-state index is -0.127. The molecule has 0 bridgehead atoms. The van der Waals surface area contributed by atoms with E-state index in [1.807, 2.05) is 43.3 Å². The molecular formula is C26H33N5O4. The first kappa shape index (κ1) is 24.5. The molecule has 2 aromatic rings. The normalized spacial score (nSPS) is 16.1. The third-order valence-electron chi connectivity index (χ3n) is 6.31. The summed E-state index contributed by atoms with van der Waals surface area (Å²) in [7, 11) is 0. The topological polar surface area (TPSA) is 94.2 Å². The van der Waals surface area contributed by atoms with Crippen LogP contribution in [0.15, 0.2) is 42.5 Å². The highest BCUT2D eigenvalue weighted by molar-refractivity contribution is 6.02. The molecule has 4 amide bonds. The number of urea groups is 1. The molecule has 0 saturated carbocycles. The number of anilines is 3. The number of nitrogens with zero attached hydrogens (tertiary/aromatic N) is 3. The van der Waals surface area contributed by atoms with Crippen LogP contribution in [0.5, 0.6) is 0 Å². The van der Waals surface area contributed by atoms with Gasteiger partial charge in [-0.05, 0) is 42.8 Å². The van der Waals surface area contributed by atoms with Gasteiger partial charge in [-0.25, -0.2) is 4.79 Å². The number of rotatable bonds is 5. The van der Waals surface area contributed by atoms with Crippen LogP contribution < -0.4 is 15.5 Å². The van der Waals surface area contributed by atoms with E-state index < -0.39 is 0 Å². The van der Waals surface area contributed by atoms with Crippen LogP contribution in [0.4, 0.5) is 21.9 Å². The Labute approximate surface area is 206 Å². The van der Waals surface area contributed by atoms with Crippen molar-refractivity contribution < 1.29 is 19.1 Å². The number of amides is 4. The maximum absolute atomic E-state index is 13.4. The molecule has 0 aromatic heterocycles. The molecule has 9 nitrogen and oxygen atoms in total. The highest BCUT2D eigenvalue weighted by atomic mass is 16.5. The van der Waals surface area contributed by atoms with E-state index in [-0.39, 0.29) is 17.8 Å². The van der Waals surface area contributed by atoms with Crippen molar-refractivity contribution in [2.24, 2.45) is 0 Å². The standard InChI is InChI=1S/C26H33N5O4/c1-3-24(32)27-21-7-8-23(22(18-21)25(33)30-13-15-35-16-14-30)29-9-11-31(12-10-29)26(34)28-20-6-4-5-19(2)17-20/h4-8,17-18H,3,9-16H2,1-2H3,(H,27,32)(H,28,34). The number of carbonyl (C=O) groups is 3. The zero-order chi connectivity index (χ0) is 24.8. The summed E-state index contributed by atoms with van der Waals surface area (Å²) >= 11 is 0. The lowest BCUT2D eigenvalue weighted by molar-refractivity contribution is -0.115. The molecule has 0 radical (unpaired) electrons. The van der Waals surface area contributed by atoms with Crippen molar-refractivity contribution in [1.29, 1.82) is 0 Å². The van der Waals surface area contributed by atoms with Gasteiger partial charge in [0.2, 0.25) is 5.91 Å². The van der Waals surface area contributed by atoms with Gasteiger partial charge in [-0.3, -0.25) is 9.59 Å². The minimum Gasteiger partial charge on any atom is -0.378 e. The molecule has 4 rings (SSSR count). The van der Waals surface area contributed by atoms with Gasteiger partial charge in [-0.1, -0.05) is 19.1 Å². The number of ether oxygens (including phenoxy) is 1. The smallest absolute Gasteiger partial charge is 0.321 e. The third-order valence-corrected chi connectivity index (χ3v) is 6.31. The van der Waals surface area contributed by atoms with Crippen molar-refractivity contribution in [3.63, 3.8) is 0 Å². The quantitative estimate of drug-likeness (QED) is 0.687. The Morgan fingerprint density at radius 2 is 1.57 bits per heavy atom. The van der Waals surface area contributed by atoms with E-state index in [2.05, 4.69) is 15.5 Å². The number of hydrogen-bond acceptors (Lipinski definition) is 5. The molecule has 2 aromatic carbocycles. The molecule has 0 unspecified atom stereocenters. The lowest BCUT2D eigenvalue weighted by Gasteiger charge is -2.37. The van der Waals surface area contributed by atoms with Gasteiger partial charge < -0.3 is 30.1 Å². The molecule has 35 heavy (non-hydrogen) atoms. The summed E-state index contributed by atoms with van der Waals surface area (Å²) in [6.45, 7) is 8.17. The van der Waals surface area contributed by atoms with Crippen LogP contribution in [0.3, 0.4) is 0 Å². The predicted molar refractivity (Wildman–Crippen MR) is 136 cm³/mol. The number of piperazine rings is 1. The molecule has 2 heterocycles. The monoisotopic (exact) mass is 479 g/mol. The van der Waals surface area contributed by atoms with Crippen LogP contribution in [0.2, 0.25) is 0 Å². The van der Waals surface area contributed by atoms with Crippen molar-refractivity contribution in [1.82, 2.24) is 9.80 Å². The molecule has 0 spiro atoms. The minimum absolute atomic E-state index is 0.0736. The molecule has 2 fully saturated rings. The summed E-state index contributed by atoms with van der Waals surface area (Å²) < 4.78 is 5.40. The molecule has 0 aliphatic carbocycles. The summed E-state index contributed by atoms with van der Waals surface area (Å²) in [5, 5.41) is 5.82. The van der Waals surface area contributed by atoms with Gasteiger partial charge in [0.1, 0.15) is 0 Å². The number of aryl methyl sites for hydroxylation is 1. The van der Waals surface area contributed by atoms with Gasteiger partial charge in [0.25, 0.3) is 5.91 Å². The largest absolute Gasteiger partial charge is 0.378 e. The number of carbonyl (C=O) groups excluding carboxylic acids is 3. The lowest BCUT2D eigenvalue weighted by atomic mass is 10.1. The van der Waals surface area contributed by atoms with Crippen molar-refractivity contribution in [2.75, 3.05) is 68.0 Å². The van der Waals surface area contributed by atoms with Gasteiger partial charge in [-0.15, -0.1) is 0 Å². The predicted octanol–water partition coefficient (Wildman–Crippen LogP) is 3.17. The number of hydrogen-bond donors (Lipinski definition) is 2. The molecular weight excluding hydrogens is 446 g/mol. The zero-order valence-corrected chi connectivity index (χ0v) is 20.4. The van der Waals surface area contributed by atoms with E-state index in [0.29, 0.717) is 70.2 Å². The third kappa shape index (κ3) is 6.10. The molecule has 2 saturated heterocycles. The SMILES string of the molecule is CCC(=O)Nc1ccc(N2CCN(C(=O)Nc3cccc(C)c3)CC2)c(C(=O)N2CCOCC2)c1. The maximum atomic E-state index is 13.4. The number of nitrogens with one attached hydrogen (secondary N) is 2. The Morgan fingerprint density at radius 3 is 2.26 bits per heavy atom. The van der Waals surface area contributed by atoms with Crippen molar-refractivity contribution in [3.8, 4) is 0 Å². The van der Waals surface area contributed by atoms with Crippen LogP contribution in [-0.2, 0) is 9.53 Å². The van der Waals surface area contributed by atoms with E-state index in [9.17, 15) is 14.4 Å². The Morgan fingerprint density at radius 1 is 0.857 bits per heavy atom. The Kier molecular flexibility index (Phi) is 7.87. The first-order valence-electron chi connectivity index (χ1n) is 12.1. The Balaban J connectivity index is 1.48. The van der Waals surface area contributed by atoms with Crippen LogP contribution in [-0.4, -0.2) is 80.1 Å². The van der Waals surface area contributed by atoms with Crippen molar-refractivity contribution in [2.45, 2.75) is 20.3 Å². The number of benzene rings is 2. The van der Waals surface area contributed by atoms with Crippen LogP contribution in [0, 0.1) is 6.92 Å². The highest BCUT2D eigenvalue weighted by Crippen LogP contribution is 2.28. The van der Waals surface area contributed by atoms with E-state index in [4.69, 9.17) is 4.74 Å². The summed E-state index contributed by atoms with van der Waals surface area (Å²) in [4.78, 5) is 43.8. The van der Waals surface area contributed by atoms with E-state index >= 15 is 0 Å². The molecule has 2 aliphatic heterocycles. The van der Waals surface area contributed by atoms with E-state index in [1.54, 1.807) is 22.8 Å². The van der Waals surface area contributed by atoms with Crippen LogP contribution in [0.25, 0.3) is 0 Å². The molecule has 186 valence electrons. The van der Waals surface area contributed by atoms with Crippen LogP contribution in [0.1, 0.15) is 29.3 Å². The second-order valence-electron chi connectivity index (χ2n) is 8.81. The van der Waals surface area contributed by atoms with Crippen molar-refractivity contribution in [3.05, 3.63) is 53.6 Å². The fraction of sp³-hybridized carbons (Fsp3) is 0.423. The van der Waals surface area contributed by atoms with Gasteiger partial charge in [0, 0.05) is 62.8 Å². The molecule has 9 heteroatoms. The summed E-state index contributed by atoms with van der Waals surface area (Å²) in [5.74, 6) is -0.175. The van der Waals surface area contributed by atoms with Gasteiger partial charge in [0.15, 0.2) is 0 Å². The van der Waals surface area contributed by atoms with Crippen LogP contribution >= 0.6 is 0 Å². The summed E-state index contributed by atoms with van der Waals surface area (Å²) in [6.07, 6.45) is 0.362. The van der Waals surface area contributed by atoms with E-state index in [1.165, 1.54) is 0 Å². The number of morpholine rings is 1. The zero-order valence-electron chi connectivity index (χ0n) is 20.4. The Bertz CT molecular complexity index is 1080.